The minimum atomic E-state index is 0.424. The zero-order valence-corrected chi connectivity index (χ0v) is 8.96. The second-order valence-corrected chi connectivity index (χ2v) is 3.08. The SMILES string of the molecule is COCCCOc1ccncc1CCl. The first-order chi connectivity index (χ1) is 6.88. The lowest BCUT2D eigenvalue weighted by molar-refractivity contribution is 0.172. The van der Waals surface area contributed by atoms with Crippen molar-refractivity contribution in [3.05, 3.63) is 24.0 Å². The third-order valence-electron chi connectivity index (χ3n) is 1.75. The fourth-order valence-corrected chi connectivity index (χ4v) is 1.24. The van der Waals surface area contributed by atoms with Crippen molar-refractivity contribution in [3.8, 4) is 5.75 Å². The Labute approximate surface area is 89.0 Å². The molecule has 0 N–H and O–H groups in total. The van der Waals surface area contributed by atoms with E-state index in [0.29, 0.717) is 19.1 Å². The molecule has 0 saturated heterocycles. The van der Waals surface area contributed by atoms with Gasteiger partial charge in [-0.25, -0.2) is 0 Å². The van der Waals surface area contributed by atoms with Crippen LogP contribution in [0.3, 0.4) is 0 Å². The minimum absolute atomic E-state index is 0.424. The lowest BCUT2D eigenvalue weighted by atomic mass is 10.3. The molecular formula is C10H14ClNO2. The first kappa shape index (κ1) is 11.3. The lowest BCUT2D eigenvalue weighted by Gasteiger charge is -2.08. The van der Waals surface area contributed by atoms with Crippen LogP contribution in [0.15, 0.2) is 18.5 Å². The number of hydrogen-bond donors (Lipinski definition) is 0. The molecule has 0 radical (unpaired) electrons. The molecule has 0 unspecified atom stereocenters. The van der Waals surface area contributed by atoms with E-state index in [9.17, 15) is 0 Å². The van der Waals surface area contributed by atoms with E-state index < -0.39 is 0 Å². The Balaban J connectivity index is 2.41. The van der Waals surface area contributed by atoms with Crippen molar-refractivity contribution in [2.24, 2.45) is 0 Å². The Kier molecular flexibility index (Phi) is 5.33. The lowest BCUT2D eigenvalue weighted by Crippen LogP contribution is -2.03. The Morgan fingerprint density at radius 3 is 3.00 bits per heavy atom. The fraction of sp³-hybridized carbons (Fsp3) is 0.500. The van der Waals surface area contributed by atoms with Crippen molar-refractivity contribution >= 4 is 11.6 Å². The average Bonchev–Trinajstić information content (AvgIpc) is 2.25. The van der Waals surface area contributed by atoms with Crippen molar-refractivity contribution in [3.63, 3.8) is 0 Å². The Bertz CT molecular complexity index is 268. The number of halogens is 1. The molecule has 0 amide bonds. The zero-order chi connectivity index (χ0) is 10.2. The van der Waals surface area contributed by atoms with Gasteiger partial charge in [0, 0.05) is 38.1 Å². The van der Waals surface area contributed by atoms with Gasteiger partial charge in [0.15, 0.2) is 0 Å². The van der Waals surface area contributed by atoms with Crippen LogP contribution in [0.5, 0.6) is 5.75 Å². The van der Waals surface area contributed by atoms with E-state index in [0.717, 1.165) is 17.7 Å². The summed E-state index contributed by atoms with van der Waals surface area (Å²) in [5, 5.41) is 0. The van der Waals surface area contributed by atoms with Crippen molar-refractivity contribution < 1.29 is 9.47 Å². The van der Waals surface area contributed by atoms with Crippen molar-refractivity contribution in [2.75, 3.05) is 20.3 Å². The second kappa shape index (κ2) is 6.62. The molecule has 14 heavy (non-hydrogen) atoms. The number of nitrogens with zero attached hydrogens (tertiary/aromatic N) is 1. The van der Waals surface area contributed by atoms with Crippen LogP contribution in [0.4, 0.5) is 0 Å². The predicted molar refractivity (Wildman–Crippen MR) is 55.8 cm³/mol. The van der Waals surface area contributed by atoms with E-state index in [1.165, 1.54) is 0 Å². The summed E-state index contributed by atoms with van der Waals surface area (Å²) in [6, 6.07) is 1.82. The summed E-state index contributed by atoms with van der Waals surface area (Å²) < 4.78 is 10.4. The highest BCUT2D eigenvalue weighted by molar-refractivity contribution is 6.17. The van der Waals surface area contributed by atoms with Gasteiger partial charge in [-0.05, 0) is 6.07 Å². The highest BCUT2D eigenvalue weighted by atomic mass is 35.5. The summed E-state index contributed by atoms with van der Waals surface area (Å²) in [5.41, 5.74) is 0.923. The molecule has 78 valence electrons. The molecule has 1 rings (SSSR count). The quantitative estimate of drug-likeness (QED) is 0.539. The van der Waals surface area contributed by atoms with Gasteiger partial charge in [-0.1, -0.05) is 0 Å². The summed E-state index contributed by atoms with van der Waals surface area (Å²) in [5.74, 6) is 1.24. The van der Waals surface area contributed by atoms with Crippen molar-refractivity contribution in [1.29, 1.82) is 0 Å². The molecule has 4 heteroatoms. The normalized spacial score (nSPS) is 10.1. The molecule has 0 aliphatic carbocycles. The highest BCUT2D eigenvalue weighted by Gasteiger charge is 2.01. The second-order valence-electron chi connectivity index (χ2n) is 2.81. The van der Waals surface area contributed by atoms with Crippen molar-refractivity contribution in [1.82, 2.24) is 4.98 Å². The smallest absolute Gasteiger partial charge is 0.126 e. The fourth-order valence-electron chi connectivity index (χ4n) is 1.04. The highest BCUT2D eigenvalue weighted by Crippen LogP contribution is 2.18. The molecule has 0 aromatic carbocycles. The number of aromatic nitrogens is 1. The third-order valence-corrected chi connectivity index (χ3v) is 2.04. The van der Waals surface area contributed by atoms with Crippen molar-refractivity contribution in [2.45, 2.75) is 12.3 Å². The van der Waals surface area contributed by atoms with Crippen LogP contribution in [0.1, 0.15) is 12.0 Å². The molecule has 0 atom stereocenters. The molecule has 0 aliphatic heterocycles. The third kappa shape index (κ3) is 3.52. The monoisotopic (exact) mass is 215 g/mol. The average molecular weight is 216 g/mol. The van der Waals surface area contributed by atoms with Crippen LogP contribution in [0.25, 0.3) is 0 Å². The van der Waals surface area contributed by atoms with Gasteiger partial charge < -0.3 is 9.47 Å². The number of hydrogen-bond acceptors (Lipinski definition) is 3. The molecule has 0 fully saturated rings. The number of ether oxygens (including phenoxy) is 2. The topological polar surface area (TPSA) is 31.4 Å². The maximum Gasteiger partial charge on any atom is 0.126 e. The molecule has 1 heterocycles. The number of pyridine rings is 1. The molecule has 0 saturated carbocycles. The van der Waals surface area contributed by atoms with Crippen LogP contribution in [-0.2, 0) is 10.6 Å². The minimum Gasteiger partial charge on any atom is -0.493 e. The van der Waals surface area contributed by atoms with Crippen LogP contribution >= 0.6 is 11.6 Å². The molecule has 1 aromatic heterocycles. The Morgan fingerprint density at radius 2 is 2.29 bits per heavy atom. The standard InChI is InChI=1S/C10H14ClNO2/c1-13-5-2-6-14-10-3-4-12-8-9(10)7-11/h3-4,8H,2,5-7H2,1H3. The van der Waals surface area contributed by atoms with Gasteiger partial charge in [0.1, 0.15) is 5.75 Å². The maximum atomic E-state index is 5.73. The summed E-state index contributed by atoms with van der Waals surface area (Å²) in [4.78, 5) is 3.97. The molecule has 0 bridgehead atoms. The van der Waals surface area contributed by atoms with Gasteiger partial charge in [-0.3, -0.25) is 4.98 Å². The van der Waals surface area contributed by atoms with E-state index in [-0.39, 0.29) is 0 Å². The van der Waals surface area contributed by atoms with E-state index in [2.05, 4.69) is 4.98 Å². The van der Waals surface area contributed by atoms with Crippen LogP contribution in [0.2, 0.25) is 0 Å². The molecule has 3 nitrogen and oxygen atoms in total. The largest absolute Gasteiger partial charge is 0.493 e. The first-order valence-electron chi connectivity index (χ1n) is 4.49. The van der Waals surface area contributed by atoms with E-state index >= 15 is 0 Å². The van der Waals surface area contributed by atoms with Gasteiger partial charge in [-0.15, -0.1) is 11.6 Å². The van der Waals surface area contributed by atoms with E-state index in [4.69, 9.17) is 21.1 Å². The number of alkyl halides is 1. The maximum absolute atomic E-state index is 5.73. The number of methoxy groups -OCH3 is 1. The molecule has 0 spiro atoms. The van der Waals surface area contributed by atoms with E-state index in [1.54, 1.807) is 19.5 Å². The first-order valence-corrected chi connectivity index (χ1v) is 5.02. The molecule has 0 aliphatic rings. The number of rotatable bonds is 6. The predicted octanol–water partition coefficient (Wildman–Crippen LogP) is 2.24. The molecule has 1 aromatic rings. The molecular weight excluding hydrogens is 202 g/mol. The van der Waals surface area contributed by atoms with Gasteiger partial charge in [0.2, 0.25) is 0 Å². The van der Waals surface area contributed by atoms with Crippen LogP contribution < -0.4 is 4.74 Å². The summed E-state index contributed by atoms with van der Waals surface area (Å²) >= 11 is 5.73. The van der Waals surface area contributed by atoms with Crippen LogP contribution in [0, 0.1) is 0 Å². The summed E-state index contributed by atoms with van der Waals surface area (Å²) in [6.45, 7) is 1.35. The van der Waals surface area contributed by atoms with Gasteiger partial charge in [-0.2, -0.15) is 0 Å². The summed E-state index contributed by atoms with van der Waals surface area (Å²) in [7, 11) is 1.68. The Morgan fingerprint density at radius 1 is 1.43 bits per heavy atom. The summed E-state index contributed by atoms with van der Waals surface area (Å²) in [6.07, 6.45) is 4.29. The Hall–Kier alpha value is -0.800. The van der Waals surface area contributed by atoms with Crippen LogP contribution in [-0.4, -0.2) is 25.3 Å². The van der Waals surface area contributed by atoms with Gasteiger partial charge in [0.25, 0.3) is 0 Å². The van der Waals surface area contributed by atoms with E-state index in [1.807, 2.05) is 6.07 Å². The van der Waals surface area contributed by atoms with Gasteiger partial charge >= 0.3 is 0 Å². The zero-order valence-electron chi connectivity index (χ0n) is 8.20. The van der Waals surface area contributed by atoms with Gasteiger partial charge in [0.05, 0.1) is 12.5 Å².